The van der Waals surface area contributed by atoms with E-state index in [9.17, 15) is 0 Å². The predicted octanol–water partition coefficient (Wildman–Crippen LogP) is 2.97. The Morgan fingerprint density at radius 2 is 1.92 bits per heavy atom. The molecule has 1 aliphatic heterocycles. The van der Waals surface area contributed by atoms with E-state index in [1.165, 1.54) is 16.7 Å². The van der Waals surface area contributed by atoms with Crippen LogP contribution in [0.2, 0.25) is 0 Å². The van der Waals surface area contributed by atoms with Crippen LogP contribution in [0.25, 0.3) is 0 Å². The second-order valence-electron chi connectivity index (χ2n) is 4.63. The van der Waals surface area contributed by atoms with Crippen molar-refractivity contribution in [3.63, 3.8) is 0 Å². The Kier molecular flexibility index (Phi) is 1.66. The van der Waals surface area contributed by atoms with Gasteiger partial charge in [0.15, 0.2) is 0 Å². The van der Waals surface area contributed by atoms with Gasteiger partial charge in [0.2, 0.25) is 0 Å². The molecule has 70 valence electrons. The zero-order valence-corrected chi connectivity index (χ0v) is 8.77. The van der Waals surface area contributed by atoms with Gasteiger partial charge in [-0.2, -0.15) is 0 Å². The van der Waals surface area contributed by atoms with E-state index in [4.69, 9.17) is 4.74 Å². The van der Waals surface area contributed by atoms with Gasteiger partial charge in [-0.15, -0.1) is 0 Å². The first-order chi connectivity index (χ1) is 6.00. The molecule has 0 fully saturated rings. The molecular formula is C12H16O. The molecule has 13 heavy (non-hydrogen) atoms. The molecule has 2 rings (SSSR count). The maximum Gasteiger partial charge on any atom is 0.123 e. The maximum atomic E-state index is 5.68. The van der Waals surface area contributed by atoms with E-state index in [2.05, 4.69) is 39.8 Å². The van der Waals surface area contributed by atoms with Gasteiger partial charge in [-0.3, -0.25) is 0 Å². The Morgan fingerprint density at radius 3 is 2.62 bits per heavy atom. The molecule has 0 aliphatic carbocycles. The monoisotopic (exact) mass is 176 g/mol. The van der Waals surface area contributed by atoms with E-state index >= 15 is 0 Å². The number of hydrogen-bond acceptors (Lipinski definition) is 1. The zero-order valence-electron chi connectivity index (χ0n) is 8.77. The lowest BCUT2D eigenvalue weighted by Crippen LogP contribution is -2.19. The molecule has 1 aromatic rings. The highest BCUT2D eigenvalue weighted by atomic mass is 16.5. The summed E-state index contributed by atoms with van der Waals surface area (Å²) in [5.41, 5.74) is 4.22. The second-order valence-corrected chi connectivity index (χ2v) is 4.63. The molecule has 1 aromatic carbocycles. The third kappa shape index (κ3) is 1.23. The van der Waals surface area contributed by atoms with Crippen LogP contribution in [-0.4, -0.2) is 6.61 Å². The smallest absolute Gasteiger partial charge is 0.123 e. The summed E-state index contributed by atoms with van der Waals surface area (Å²) in [5.74, 6) is 1.09. The quantitative estimate of drug-likeness (QED) is 0.590. The van der Waals surface area contributed by atoms with E-state index in [1.54, 1.807) is 0 Å². The third-order valence-electron chi connectivity index (χ3n) is 2.71. The highest BCUT2D eigenvalue weighted by Gasteiger charge is 2.33. The first-order valence-electron chi connectivity index (χ1n) is 4.75. The minimum Gasteiger partial charge on any atom is -0.492 e. The number of aryl methyl sites for hydroxylation is 2. The van der Waals surface area contributed by atoms with Crippen LogP contribution < -0.4 is 4.74 Å². The van der Waals surface area contributed by atoms with Crippen molar-refractivity contribution in [1.82, 2.24) is 0 Å². The first-order valence-corrected chi connectivity index (χ1v) is 4.75. The van der Waals surface area contributed by atoms with Crippen molar-refractivity contribution in [1.29, 1.82) is 0 Å². The fourth-order valence-electron chi connectivity index (χ4n) is 2.24. The average Bonchev–Trinajstić information content (AvgIpc) is 2.26. The van der Waals surface area contributed by atoms with Gasteiger partial charge in [-0.25, -0.2) is 0 Å². The summed E-state index contributed by atoms with van der Waals surface area (Å²) in [5, 5.41) is 0. The Balaban J connectivity index is 2.65. The van der Waals surface area contributed by atoms with Crippen molar-refractivity contribution in [2.75, 3.05) is 6.61 Å². The van der Waals surface area contributed by atoms with Crippen molar-refractivity contribution in [2.45, 2.75) is 33.1 Å². The molecule has 1 aliphatic rings. The molecule has 0 atom stereocenters. The Bertz CT molecular complexity index is 350. The van der Waals surface area contributed by atoms with Crippen molar-refractivity contribution in [3.05, 3.63) is 28.8 Å². The Morgan fingerprint density at radius 1 is 1.23 bits per heavy atom. The van der Waals surface area contributed by atoms with Crippen molar-refractivity contribution in [2.24, 2.45) is 0 Å². The van der Waals surface area contributed by atoms with Gasteiger partial charge < -0.3 is 4.74 Å². The van der Waals surface area contributed by atoms with Gasteiger partial charge in [-0.1, -0.05) is 19.9 Å². The first kappa shape index (κ1) is 8.61. The summed E-state index contributed by atoms with van der Waals surface area (Å²) in [6, 6.07) is 4.37. The molecule has 0 spiro atoms. The van der Waals surface area contributed by atoms with E-state index in [1.807, 2.05) is 0 Å². The van der Waals surface area contributed by atoms with E-state index in [0.717, 1.165) is 12.4 Å². The van der Waals surface area contributed by atoms with Crippen LogP contribution in [0, 0.1) is 13.8 Å². The molecule has 1 nitrogen and oxygen atoms in total. The van der Waals surface area contributed by atoms with E-state index in [-0.39, 0.29) is 5.41 Å². The normalized spacial score (nSPS) is 18.2. The highest BCUT2D eigenvalue weighted by molar-refractivity contribution is 5.49. The van der Waals surface area contributed by atoms with Gasteiger partial charge >= 0.3 is 0 Å². The van der Waals surface area contributed by atoms with Gasteiger partial charge in [0.05, 0.1) is 6.61 Å². The lowest BCUT2D eigenvalue weighted by molar-refractivity contribution is 0.291. The van der Waals surface area contributed by atoms with Crippen LogP contribution in [0.1, 0.15) is 30.5 Å². The summed E-state index contributed by atoms with van der Waals surface area (Å²) in [6.07, 6.45) is 0. The van der Waals surface area contributed by atoms with Gasteiger partial charge in [0, 0.05) is 11.0 Å². The van der Waals surface area contributed by atoms with Crippen LogP contribution in [0.5, 0.6) is 5.75 Å². The Labute approximate surface area is 79.7 Å². The third-order valence-corrected chi connectivity index (χ3v) is 2.71. The molecule has 0 amide bonds. The minimum atomic E-state index is 0.188. The average molecular weight is 176 g/mol. The summed E-state index contributed by atoms with van der Waals surface area (Å²) in [6.45, 7) is 9.57. The number of ether oxygens (including phenoxy) is 1. The number of rotatable bonds is 0. The maximum absolute atomic E-state index is 5.68. The number of fused-ring (bicyclic) bond motifs is 1. The topological polar surface area (TPSA) is 9.23 Å². The van der Waals surface area contributed by atoms with E-state index < -0.39 is 0 Å². The van der Waals surface area contributed by atoms with Crippen LogP contribution in [0.15, 0.2) is 12.1 Å². The molecule has 0 radical (unpaired) electrons. The lowest BCUT2D eigenvalue weighted by atomic mass is 9.84. The molecule has 0 saturated carbocycles. The zero-order chi connectivity index (χ0) is 9.64. The molecule has 0 saturated heterocycles. The SMILES string of the molecule is Cc1cc(C)c2c(c1)OCC2(C)C. The van der Waals surface area contributed by atoms with Gasteiger partial charge in [0.25, 0.3) is 0 Å². The van der Waals surface area contributed by atoms with Gasteiger partial charge in [-0.05, 0) is 31.0 Å². The second kappa shape index (κ2) is 2.50. The molecule has 1 heterocycles. The fourth-order valence-corrected chi connectivity index (χ4v) is 2.24. The van der Waals surface area contributed by atoms with Crippen LogP contribution in [0.3, 0.4) is 0 Å². The molecular weight excluding hydrogens is 160 g/mol. The molecule has 0 aromatic heterocycles. The molecule has 0 N–H and O–H groups in total. The van der Waals surface area contributed by atoms with Crippen LogP contribution >= 0.6 is 0 Å². The van der Waals surface area contributed by atoms with Crippen LogP contribution in [0.4, 0.5) is 0 Å². The largest absolute Gasteiger partial charge is 0.492 e. The number of hydrogen-bond donors (Lipinski definition) is 0. The minimum absolute atomic E-state index is 0.188. The fraction of sp³-hybridized carbons (Fsp3) is 0.500. The van der Waals surface area contributed by atoms with Crippen molar-refractivity contribution in [3.8, 4) is 5.75 Å². The Hall–Kier alpha value is -0.980. The van der Waals surface area contributed by atoms with Crippen LogP contribution in [-0.2, 0) is 5.41 Å². The highest BCUT2D eigenvalue weighted by Crippen LogP contribution is 2.40. The summed E-state index contributed by atoms with van der Waals surface area (Å²) < 4.78 is 5.68. The van der Waals surface area contributed by atoms with Crippen molar-refractivity contribution < 1.29 is 4.74 Å². The summed E-state index contributed by atoms with van der Waals surface area (Å²) in [4.78, 5) is 0. The molecule has 1 heteroatoms. The number of benzene rings is 1. The predicted molar refractivity (Wildman–Crippen MR) is 54.4 cm³/mol. The standard InChI is InChI=1S/C12H16O/c1-8-5-9(2)11-10(6-8)13-7-12(11,3)4/h5-6H,7H2,1-4H3. The summed E-state index contributed by atoms with van der Waals surface area (Å²) in [7, 11) is 0. The lowest BCUT2D eigenvalue weighted by Gasteiger charge is -2.17. The summed E-state index contributed by atoms with van der Waals surface area (Å²) >= 11 is 0. The van der Waals surface area contributed by atoms with E-state index in [0.29, 0.717) is 0 Å². The molecule has 0 bridgehead atoms. The van der Waals surface area contributed by atoms with Gasteiger partial charge in [0.1, 0.15) is 5.75 Å². The van der Waals surface area contributed by atoms with Crippen molar-refractivity contribution >= 4 is 0 Å². The molecule has 0 unspecified atom stereocenters.